The molecule has 0 N–H and O–H groups in total. The number of rotatable bonds is 1. The lowest BCUT2D eigenvalue weighted by Gasteiger charge is -2.07. The van der Waals surface area contributed by atoms with E-state index in [9.17, 15) is 0 Å². The average molecular weight is 346 g/mol. The first-order valence-corrected chi connectivity index (χ1v) is 8.93. The Morgan fingerprint density at radius 2 is 1.44 bits per heavy atom. The van der Waals surface area contributed by atoms with Crippen LogP contribution in [0.2, 0.25) is 0 Å². The largest absolute Gasteiger partial charge is 0.437 e. The maximum absolute atomic E-state index is 6.21. The van der Waals surface area contributed by atoms with E-state index in [1.54, 1.807) is 6.20 Å². The Morgan fingerprint density at radius 1 is 0.667 bits per heavy atom. The molecule has 0 saturated heterocycles. The second-order valence-electron chi connectivity index (χ2n) is 6.72. The van der Waals surface area contributed by atoms with Gasteiger partial charge >= 0.3 is 0 Å². The van der Waals surface area contributed by atoms with E-state index >= 15 is 0 Å². The number of nitrogens with zero attached hydrogens (tertiary/aromatic N) is 2. The van der Waals surface area contributed by atoms with Gasteiger partial charge in [0.1, 0.15) is 5.58 Å². The lowest BCUT2D eigenvalue weighted by Crippen LogP contribution is -1.86. The van der Waals surface area contributed by atoms with Crippen molar-refractivity contribution in [2.24, 2.45) is 0 Å². The molecule has 0 aliphatic heterocycles. The van der Waals surface area contributed by atoms with E-state index in [2.05, 4.69) is 59.6 Å². The van der Waals surface area contributed by atoms with Crippen LogP contribution in [0.25, 0.3) is 54.9 Å². The van der Waals surface area contributed by atoms with Gasteiger partial charge < -0.3 is 4.42 Å². The fraction of sp³-hybridized carbons (Fsp3) is 0. The van der Waals surface area contributed by atoms with Crippen LogP contribution in [0.3, 0.4) is 0 Å². The summed E-state index contributed by atoms with van der Waals surface area (Å²) in [6.45, 7) is 0. The van der Waals surface area contributed by atoms with E-state index in [4.69, 9.17) is 9.40 Å². The van der Waals surface area contributed by atoms with Crippen molar-refractivity contribution in [2.45, 2.75) is 0 Å². The Bertz CT molecular complexity index is 1480. The molecule has 126 valence electrons. The molecule has 27 heavy (non-hydrogen) atoms. The Labute approximate surface area is 154 Å². The number of hydrogen-bond acceptors (Lipinski definition) is 3. The van der Waals surface area contributed by atoms with Crippen molar-refractivity contribution in [1.29, 1.82) is 0 Å². The molecule has 6 rings (SSSR count). The summed E-state index contributed by atoms with van der Waals surface area (Å²) in [6.07, 6.45) is 3.69. The van der Waals surface area contributed by atoms with Gasteiger partial charge in [-0.1, -0.05) is 48.5 Å². The molecule has 0 saturated carbocycles. The third kappa shape index (κ3) is 2.09. The third-order valence-electron chi connectivity index (χ3n) is 5.15. The molecule has 3 aromatic carbocycles. The fourth-order valence-corrected chi connectivity index (χ4v) is 3.88. The van der Waals surface area contributed by atoms with Gasteiger partial charge in [-0.25, -0.2) is 4.98 Å². The van der Waals surface area contributed by atoms with Crippen molar-refractivity contribution in [1.82, 2.24) is 9.97 Å². The predicted molar refractivity (Wildman–Crippen MR) is 110 cm³/mol. The number of aromatic nitrogens is 2. The van der Waals surface area contributed by atoms with Crippen molar-refractivity contribution in [2.75, 3.05) is 0 Å². The summed E-state index contributed by atoms with van der Waals surface area (Å²) in [7, 11) is 0. The Kier molecular flexibility index (Phi) is 2.88. The van der Waals surface area contributed by atoms with Gasteiger partial charge in [-0.2, -0.15) is 0 Å². The fourth-order valence-electron chi connectivity index (χ4n) is 3.88. The Balaban J connectivity index is 1.79. The zero-order valence-corrected chi connectivity index (χ0v) is 14.4. The van der Waals surface area contributed by atoms with E-state index in [0.29, 0.717) is 5.71 Å². The highest BCUT2D eigenvalue weighted by Gasteiger charge is 2.17. The summed E-state index contributed by atoms with van der Waals surface area (Å²) in [4.78, 5) is 9.15. The summed E-state index contributed by atoms with van der Waals surface area (Å²) in [5.41, 5.74) is 3.40. The highest BCUT2D eigenvalue weighted by Crippen LogP contribution is 2.40. The minimum atomic E-state index is 0.658. The first-order chi connectivity index (χ1) is 13.4. The normalized spacial score (nSPS) is 11.7. The number of hydrogen-bond donors (Lipinski definition) is 0. The average Bonchev–Trinajstić information content (AvgIpc) is 3.13. The predicted octanol–water partition coefficient (Wildman–Crippen LogP) is 6.35. The molecule has 0 aliphatic rings. The maximum atomic E-state index is 6.21. The lowest BCUT2D eigenvalue weighted by molar-refractivity contribution is 0.655. The number of benzene rings is 3. The van der Waals surface area contributed by atoms with Gasteiger partial charge in [0, 0.05) is 34.1 Å². The van der Waals surface area contributed by atoms with E-state index in [0.717, 1.165) is 38.4 Å². The van der Waals surface area contributed by atoms with Gasteiger partial charge in [0.25, 0.3) is 0 Å². The molecule has 0 amide bonds. The van der Waals surface area contributed by atoms with Crippen LogP contribution in [0.4, 0.5) is 0 Å². The summed E-state index contributed by atoms with van der Waals surface area (Å²) in [5.74, 6) is 0. The summed E-state index contributed by atoms with van der Waals surface area (Å²) >= 11 is 0. The smallest absolute Gasteiger partial charge is 0.227 e. The molecule has 0 aliphatic carbocycles. The molecule has 0 atom stereocenters. The van der Waals surface area contributed by atoms with Gasteiger partial charge in [-0.05, 0) is 40.4 Å². The van der Waals surface area contributed by atoms with Gasteiger partial charge in [-0.15, -0.1) is 0 Å². The van der Waals surface area contributed by atoms with Crippen LogP contribution in [0.5, 0.6) is 0 Å². The highest BCUT2D eigenvalue weighted by molar-refractivity contribution is 6.21. The lowest BCUT2D eigenvalue weighted by atomic mass is 9.98. The minimum Gasteiger partial charge on any atom is -0.437 e. The van der Waals surface area contributed by atoms with E-state index < -0.39 is 0 Å². The van der Waals surface area contributed by atoms with E-state index in [1.165, 1.54) is 10.8 Å². The van der Waals surface area contributed by atoms with Crippen LogP contribution in [0, 0.1) is 0 Å². The van der Waals surface area contributed by atoms with E-state index in [1.807, 2.05) is 24.4 Å². The summed E-state index contributed by atoms with van der Waals surface area (Å²) in [5, 5.41) is 6.76. The van der Waals surface area contributed by atoms with Crippen LogP contribution in [-0.4, -0.2) is 9.97 Å². The molecule has 0 fully saturated rings. The van der Waals surface area contributed by atoms with Gasteiger partial charge in [0.05, 0.1) is 5.69 Å². The summed E-state index contributed by atoms with van der Waals surface area (Å²) in [6, 6.07) is 25.0. The maximum Gasteiger partial charge on any atom is 0.227 e. The zero-order chi connectivity index (χ0) is 17.8. The first kappa shape index (κ1) is 14.4. The van der Waals surface area contributed by atoms with Crippen LogP contribution >= 0.6 is 0 Å². The van der Waals surface area contributed by atoms with Crippen molar-refractivity contribution >= 4 is 43.6 Å². The van der Waals surface area contributed by atoms with Crippen molar-refractivity contribution in [3.8, 4) is 11.3 Å². The van der Waals surface area contributed by atoms with Gasteiger partial charge in [0.2, 0.25) is 5.71 Å². The second-order valence-corrected chi connectivity index (χ2v) is 6.72. The molecule has 0 bridgehead atoms. The monoisotopic (exact) mass is 346 g/mol. The van der Waals surface area contributed by atoms with E-state index in [-0.39, 0.29) is 0 Å². The molecular formula is C24H14N2O. The number of furan rings is 1. The van der Waals surface area contributed by atoms with Gasteiger partial charge in [-0.3, -0.25) is 4.98 Å². The molecular weight excluding hydrogens is 332 g/mol. The SMILES string of the molecule is c1ccc2cc(-c3cc4ccccc4c4c3oc3ncccc34)ncc2c1. The highest BCUT2D eigenvalue weighted by atomic mass is 16.3. The van der Waals surface area contributed by atoms with Gasteiger partial charge in [0.15, 0.2) is 0 Å². The standard InChI is InChI=1S/C24H14N2O/c1-2-8-17-14-26-21(13-15(17)6-1)20-12-16-7-3-4-9-18(16)22-19-10-5-11-25-24(19)27-23(20)22/h1-14H. The third-order valence-corrected chi connectivity index (χ3v) is 5.15. The van der Waals surface area contributed by atoms with Crippen LogP contribution in [0.15, 0.2) is 89.6 Å². The van der Waals surface area contributed by atoms with Crippen molar-refractivity contribution < 1.29 is 4.42 Å². The number of pyridine rings is 2. The van der Waals surface area contributed by atoms with Crippen LogP contribution in [-0.2, 0) is 0 Å². The molecule has 0 spiro atoms. The molecule has 6 aromatic rings. The van der Waals surface area contributed by atoms with Crippen LogP contribution < -0.4 is 0 Å². The molecule has 3 nitrogen and oxygen atoms in total. The topological polar surface area (TPSA) is 38.9 Å². The molecule has 3 heteroatoms. The molecule has 0 unspecified atom stereocenters. The molecule has 3 aromatic heterocycles. The van der Waals surface area contributed by atoms with Crippen molar-refractivity contribution in [3.05, 3.63) is 85.2 Å². The van der Waals surface area contributed by atoms with Crippen LogP contribution in [0.1, 0.15) is 0 Å². The first-order valence-electron chi connectivity index (χ1n) is 8.93. The molecule has 3 heterocycles. The quantitative estimate of drug-likeness (QED) is 0.348. The number of fused-ring (bicyclic) bond motifs is 6. The van der Waals surface area contributed by atoms with Crippen molar-refractivity contribution in [3.63, 3.8) is 0 Å². The summed E-state index contributed by atoms with van der Waals surface area (Å²) < 4.78 is 6.21. The Hall–Kier alpha value is -3.72. The minimum absolute atomic E-state index is 0.658. The Morgan fingerprint density at radius 3 is 2.37 bits per heavy atom. The zero-order valence-electron chi connectivity index (χ0n) is 14.4. The molecule has 0 radical (unpaired) electrons. The second kappa shape index (κ2) is 5.39.